The lowest BCUT2D eigenvalue weighted by molar-refractivity contribution is -0.140. The molecule has 0 aromatic heterocycles. The minimum Gasteiger partial charge on any atom is -0.468 e. The Morgan fingerprint density at radius 3 is 2.02 bits per heavy atom. The Kier molecular flexibility index (Phi) is 8.29. The molecule has 1 unspecified atom stereocenters. The van der Waals surface area contributed by atoms with E-state index >= 15 is 0 Å². The standard InChI is InChI=1S/C29H30N2O7S2/c1-22(19-30(20-28(33)38-3)39(34,35)23-12-6-4-7-13-23)27(32)18-29(2)21-31(26-17-11-10-16-25(26)29)40(36,37)24-14-8-5-9-15-24/h4-17H,1,18-21H2,2-3H3. The first-order chi connectivity index (χ1) is 18.9. The Balaban J connectivity index is 1.59. The number of esters is 1. The normalized spacial score (nSPS) is 16.9. The topological polar surface area (TPSA) is 118 Å². The number of carbonyl (C=O) groups is 2. The first-order valence-electron chi connectivity index (χ1n) is 12.4. The molecule has 1 aliphatic rings. The van der Waals surface area contributed by atoms with Gasteiger partial charge in [0, 0.05) is 30.5 Å². The molecule has 1 aliphatic heterocycles. The van der Waals surface area contributed by atoms with Crippen LogP contribution >= 0.6 is 0 Å². The molecule has 3 aromatic rings. The third-order valence-corrected chi connectivity index (χ3v) is 10.5. The van der Waals surface area contributed by atoms with Gasteiger partial charge in [-0.2, -0.15) is 4.31 Å². The summed E-state index contributed by atoms with van der Waals surface area (Å²) in [6.07, 6.45) is -0.124. The van der Waals surface area contributed by atoms with Crippen LogP contribution in [0.15, 0.2) is 107 Å². The zero-order valence-corrected chi connectivity index (χ0v) is 23.8. The molecule has 0 aliphatic carbocycles. The molecule has 1 atom stereocenters. The molecule has 0 amide bonds. The number of fused-ring (bicyclic) bond motifs is 1. The van der Waals surface area contributed by atoms with E-state index in [1.165, 1.54) is 28.6 Å². The predicted octanol–water partition coefficient (Wildman–Crippen LogP) is 3.53. The maximum atomic E-state index is 13.5. The zero-order chi connectivity index (χ0) is 29.1. The number of nitrogens with zero attached hydrogens (tertiary/aromatic N) is 2. The summed E-state index contributed by atoms with van der Waals surface area (Å²) in [5.74, 6) is -1.24. The molecule has 0 fully saturated rings. The number of sulfonamides is 2. The van der Waals surface area contributed by atoms with Crippen molar-refractivity contribution in [3.63, 3.8) is 0 Å². The highest BCUT2D eigenvalue weighted by molar-refractivity contribution is 7.92. The second kappa shape index (κ2) is 11.4. The predicted molar refractivity (Wildman–Crippen MR) is 151 cm³/mol. The molecule has 210 valence electrons. The van der Waals surface area contributed by atoms with Gasteiger partial charge in [0.2, 0.25) is 10.0 Å². The fraction of sp³-hybridized carbons (Fsp3) is 0.241. The third-order valence-electron chi connectivity index (χ3n) is 6.87. The summed E-state index contributed by atoms with van der Waals surface area (Å²) < 4.78 is 60.5. The fourth-order valence-corrected chi connectivity index (χ4v) is 7.76. The Hall–Kier alpha value is -3.80. The van der Waals surface area contributed by atoms with E-state index in [2.05, 4.69) is 11.3 Å². The number of Topliss-reactive ketones (excluding diaryl/α,β-unsaturated/α-hetero) is 1. The second-order valence-corrected chi connectivity index (χ2v) is 13.6. The molecule has 40 heavy (non-hydrogen) atoms. The summed E-state index contributed by atoms with van der Waals surface area (Å²) >= 11 is 0. The van der Waals surface area contributed by atoms with Crippen LogP contribution < -0.4 is 4.31 Å². The van der Waals surface area contributed by atoms with Gasteiger partial charge in [-0.15, -0.1) is 0 Å². The van der Waals surface area contributed by atoms with Crippen LogP contribution in [0, 0.1) is 0 Å². The van der Waals surface area contributed by atoms with E-state index in [-0.39, 0.29) is 28.3 Å². The van der Waals surface area contributed by atoms with E-state index in [4.69, 9.17) is 0 Å². The molecular formula is C29H30N2O7S2. The van der Waals surface area contributed by atoms with Crippen LogP contribution in [-0.4, -0.2) is 59.6 Å². The van der Waals surface area contributed by atoms with Crippen molar-refractivity contribution in [3.8, 4) is 0 Å². The molecule has 0 bridgehead atoms. The van der Waals surface area contributed by atoms with Crippen molar-refractivity contribution >= 4 is 37.5 Å². The quantitative estimate of drug-likeness (QED) is 0.251. The highest BCUT2D eigenvalue weighted by Crippen LogP contribution is 2.45. The van der Waals surface area contributed by atoms with Crippen LogP contribution in [0.1, 0.15) is 18.9 Å². The van der Waals surface area contributed by atoms with E-state index < -0.39 is 50.3 Å². The molecule has 3 aromatic carbocycles. The number of rotatable bonds is 11. The van der Waals surface area contributed by atoms with Crippen molar-refractivity contribution in [2.75, 3.05) is 31.0 Å². The van der Waals surface area contributed by atoms with Crippen molar-refractivity contribution in [1.29, 1.82) is 0 Å². The average molecular weight is 583 g/mol. The van der Waals surface area contributed by atoms with Gasteiger partial charge in [-0.1, -0.05) is 68.1 Å². The van der Waals surface area contributed by atoms with Crippen LogP contribution in [-0.2, 0) is 39.8 Å². The highest BCUT2D eigenvalue weighted by atomic mass is 32.2. The van der Waals surface area contributed by atoms with Gasteiger partial charge in [-0.05, 0) is 35.9 Å². The lowest BCUT2D eigenvalue weighted by Crippen LogP contribution is -2.40. The number of ketones is 1. The maximum Gasteiger partial charge on any atom is 0.321 e. The summed E-state index contributed by atoms with van der Waals surface area (Å²) in [6, 6.07) is 22.6. The molecule has 0 saturated carbocycles. The lowest BCUT2D eigenvalue weighted by Gasteiger charge is -2.27. The molecule has 0 spiro atoms. The minimum atomic E-state index is -4.15. The molecule has 0 saturated heterocycles. The third kappa shape index (κ3) is 5.72. The van der Waals surface area contributed by atoms with Gasteiger partial charge in [0.25, 0.3) is 10.0 Å². The number of benzene rings is 3. The van der Waals surface area contributed by atoms with E-state index in [1.54, 1.807) is 67.6 Å². The minimum absolute atomic E-state index is 0.0107. The number of ether oxygens (including phenoxy) is 1. The van der Waals surface area contributed by atoms with Gasteiger partial charge < -0.3 is 4.74 Å². The number of para-hydroxylation sites is 1. The first-order valence-corrected chi connectivity index (χ1v) is 15.3. The first kappa shape index (κ1) is 29.2. The summed E-state index contributed by atoms with van der Waals surface area (Å²) in [7, 11) is -6.91. The van der Waals surface area contributed by atoms with Crippen LogP contribution in [0.2, 0.25) is 0 Å². The number of anilines is 1. The number of hydrogen-bond donors (Lipinski definition) is 0. The van der Waals surface area contributed by atoms with E-state index in [1.807, 2.05) is 0 Å². The van der Waals surface area contributed by atoms with Gasteiger partial charge >= 0.3 is 5.97 Å². The van der Waals surface area contributed by atoms with E-state index in [9.17, 15) is 26.4 Å². The Labute approximate surface area is 234 Å². The fourth-order valence-electron chi connectivity index (χ4n) is 4.73. The largest absolute Gasteiger partial charge is 0.468 e. The van der Waals surface area contributed by atoms with Crippen LogP contribution in [0.25, 0.3) is 0 Å². The monoisotopic (exact) mass is 582 g/mol. The SMILES string of the molecule is C=C(CN(CC(=O)OC)S(=O)(=O)c1ccccc1)C(=O)CC1(C)CN(S(=O)(=O)c2ccccc2)c2ccccc21. The zero-order valence-electron chi connectivity index (χ0n) is 22.2. The molecular weight excluding hydrogens is 552 g/mol. The molecule has 11 heteroatoms. The Morgan fingerprint density at radius 1 is 0.875 bits per heavy atom. The van der Waals surface area contributed by atoms with Crippen molar-refractivity contribution < 1.29 is 31.2 Å². The molecule has 0 radical (unpaired) electrons. The van der Waals surface area contributed by atoms with Crippen molar-refractivity contribution in [3.05, 3.63) is 103 Å². The molecule has 9 nitrogen and oxygen atoms in total. The Morgan fingerprint density at radius 2 is 1.43 bits per heavy atom. The molecule has 1 heterocycles. The van der Waals surface area contributed by atoms with Gasteiger partial charge in [0.05, 0.1) is 22.6 Å². The van der Waals surface area contributed by atoms with E-state index in [0.717, 1.165) is 11.4 Å². The van der Waals surface area contributed by atoms with Gasteiger partial charge in [0.1, 0.15) is 6.54 Å². The highest BCUT2D eigenvalue weighted by Gasteiger charge is 2.45. The number of carbonyl (C=O) groups excluding carboxylic acids is 2. The Bertz CT molecular complexity index is 1640. The summed E-state index contributed by atoms with van der Waals surface area (Å²) in [4.78, 5) is 25.6. The van der Waals surface area contributed by atoms with Crippen molar-refractivity contribution in [2.24, 2.45) is 0 Å². The van der Waals surface area contributed by atoms with Gasteiger partial charge in [-0.25, -0.2) is 16.8 Å². The van der Waals surface area contributed by atoms with Crippen LogP contribution in [0.4, 0.5) is 5.69 Å². The van der Waals surface area contributed by atoms with E-state index in [0.29, 0.717) is 11.3 Å². The number of methoxy groups -OCH3 is 1. The maximum absolute atomic E-state index is 13.5. The molecule has 0 N–H and O–H groups in total. The summed E-state index contributed by atoms with van der Waals surface area (Å²) in [5, 5.41) is 0. The summed E-state index contributed by atoms with van der Waals surface area (Å²) in [5.41, 5.74) is 0.209. The average Bonchev–Trinajstić information content (AvgIpc) is 3.26. The number of hydrogen-bond acceptors (Lipinski definition) is 7. The van der Waals surface area contributed by atoms with Gasteiger partial charge in [-0.3, -0.25) is 13.9 Å². The smallest absolute Gasteiger partial charge is 0.321 e. The molecule has 4 rings (SSSR count). The van der Waals surface area contributed by atoms with Crippen molar-refractivity contribution in [1.82, 2.24) is 4.31 Å². The van der Waals surface area contributed by atoms with Crippen LogP contribution in [0.5, 0.6) is 0 Å². The van der Waals surface area contributed by atoms with Crippen molar-refractivity contribution in [2.45, 2.75) is 28.6 Å². The summed E-state index contributed by atoms with van der Waals surface area (Å²) in [6.45, 7) is 4.60. The van der Waals surface area contributed by atoms with Crippen LogP contribution in [0.3, 0.4) is 0 Å². The van der Waals surface area contributed by atoms with Gasteiger partial charge in [0.15, 0.2) is 5.78 Å². The lowest BCUT2D eigenvalue weighted by atomic mass is 9.79. The second-order valence-electron chi connectivity index (χ2n) is 9.77.